The van der Waals surface area contributed by atoms with E-state index in [0.29, 0.717) is 11.4 Å². The second kappa shape index (κ2) is 5.61. The summed E-state index contributed by atoms with van der Waals surface area (Å²) in [4.78, 5) is 27.1. The zero-order valence-corrected chi connectivity index (χ0v) is 13.7. The first-order valence-electron chi connectivity index (χ1n) is 6.51. The number of carbonyl (C=O) groups is 2. The number of nitrogens with zero attached hydrogens (tertiary/aromatic N) is 1. The van der Waals surface area contributed by atoms with Crippen molar-refractivity contribution in [1.29, 1.82) is 0 Å². The highest BCUT2D eigenvalue weighted by molar-refractivity contribution is 9.11. The van der Waals surface area contributed by atoms with E-state index in [2.05, 4.69) is 21.2 Å². The molecule has 1 atom stereocenters. The summed E-state index contributed by atoms with van der Waals surface area (Å²) >= 11 is 4.74. The molecular weight excluding hydrogens is 352 g/mol. The molecule has 0 fully saturated rings. The Morgan fingerprint density at radius 2 is 2.10 bits per heavy atom. The third kappa shape index (κ3) is 2.73. The average Bonchev–Trinajstić information content (AvgIpc) is 2.86. The summed E-state index contributed by atoms with van der Waals surface area (Å²) in [6.45, 7) is 2.17. The van der Waals surface area contributed by atoms with Crippen molar-refractivity contribution in [2.75, 3.05) is 5.32 Å². The van der Waals surface area contributed by atoms with Gasteiger partial charge < -0.3 is 10.2 Å². The van der Waals surface area contributed by atoms with Gasteiger partial charge in [-0.05, 0) is 46.6 Å². The van der Waals surface area contributed by atoms with E-state index in [0.717, 1.165) is 15.0 Å². The van der Waals surface area contributed by atoms with Gasteiger partial charge in [0.1, 0.15) is 6.04 Å². The molecule has 1 aliphatic heterocycles. The lowest BCUT2D eigenvalue weighted by molar-refractivity contribution is -0.119. The number of thiophene rings is 1. The number of rotatable bonds is 1. The van der Waals surface area contributed by atoms with Gasteiger partial charge in [0.15, 0.2) is 0 Å². The summed E-state index contributed by atoms with van der Waals surface area (Å²) in [7, 11) is 0. The summed E-state index contributed by atoms with van der Waals surface area (Å²) in [5.74, 6) is -0.283. The van der Waals surface area contributed by atoms with Crippen molar-refractivity contribution in [3.63, 3.8) is 0 Å². The number of nitrogens with one attached hydrogen (secondary N) is 1. The topological polar surface area (TPSA) is 49.4 Å². The molecule has 0 bridgehead atoms. The third-order valence-electron chi connectivity index (χ3n) is 3.51. The first kappa shape index (κ1) is 14.3. The zero-order valence-electron chi connectivity index (χ0n) is 11.3. The van der Waals surface area contributed by atoms with Crippen LogP contribution in [0.25, 0.3) is 0 Å². The van der Waals surface area contributed by atoms with Crippen molar-refractivity contribution in [1.82, 2.24) is 4.90 Å². The molecule has 0 radical (unpaired) electrons. The first-order valence-corrected chi connectivity index (χ1v) is 8.12. The highest BCUT2D eigenvalue weighted by atomic mass is 79.9. The van der Waals surface area contributed by atoms with Gasteiger partial charge in [0.2, 0.25) is 5.91 Å². The van der Waals surface area contributed by atoms with Crippen LogP contribution in [0.5, 0.6) is 0 Å². The highest BCUT2D eigenvalue weighted by Crippen LogP contribution is 2.27. The van der Waals surface area contributed by atoms with Gasteiger partial charge >= 0.3 is 0 Å². The van der Waals surface area contributed by atoms with Gasteiger partial charge in [0.25, 0.3) is 5.91 Å². The molecule has 2 heterocycles. The number of halogens is 1. The van der Waals surface area contributed by atoms with Crippen molar-refractivity contribution in [2.45, 2.75) is 19.5 Å². The monoisotopic (exact) mass is 364 g/mol. The molecule has 21 heavy (non-hydrogen) atoms. The molecule has 6 heteroatoms. The number of fused-ring (bicyclic) bond motifs is 1. The number of amides is 2. The largest absolute Gasteiger partial charge is 0.324 e. The number of carbonyl (C=O) groups excluding carboxylic acids is 2. The van der Waals surface area contributed by atoms with E-state index in [4.69, 9.17) is 0 Å². The Balaban J connectivity index is 1.97. The summed E-state index contributed by atoms with van der Waals surface area (Å²) < 4.78 is 0.901. The Morgan fingerprint density at radius 3 is 2.81 bits per heavy atom. The summed E-state index contributed by atoms with van der Waals surface area (Å²) in [5, 5.41) is 2.87. The van der Waals surface area contributed by atoms with Crippen LogP contribution in [0.15, 0.2) is 40.2 Å². The molecule has 4 nitrogen and oxygen atoms in total. The molecule has 0 aliphatic carbocycles. The average molecular weight is 365 g/mol. The molecule has 0 saturated heterocycles. The van der Waals surface area contributed by atoms with Gasteiger partial charge in [-0.1, -0.05) is 18.2 Å². The van der Waals surface area contributed by atoms with Gasteiger partial charge in [0.05, 0.1) is 8.66 Å². The second-order valence-corrected chi connectivity index (χ2v) is 7.32. The predicted molar refractivity (Wildman–Crippen MR) is 86.4 cm³/mol. The van der Waals surface area contributed by atoms with Crippen molar-refractivity contribution in [2.24, 2.45) is 0 Å². The standard InChI is InChI=1S/C15H13BrN2O2S/c1-9-14(19)17-11-5-3-2-4-10(11)8-18(9)15(20)12-6-7-13(16)21-12/h2-7,9H,8H2,1H3,(H,17,19). The summed E-state index contributed by atoms with van der Waals surface area (Å²) in [6, 6.07) is 10.7. The minimum Gasteiger partial charge on any atom is -0.324 e. The Labute approximate surface area is 134 Å². The van der Waals surface area contributed by atoms with Crippen molar-refractivity contribution in [3.8, 4) is 0 Å². The Kier molecular flexibility index (Phi) is 3.82. The van der Waals surface area contributed by atoms with E-state index in [9.17, 15) is 9.59 Å². The normalized spacial score (nSPS) is 17.9. The fraction of sp³-hybridized carbons (Fsp3) is 0.200. The van der Waals surface area contributed by atoms with Crippen molar-refractivity contribution >= 4 is 44.8 Å². The molecular formula is C15H13BrN2O2S. The minimum atomic E-state index is -0.509. The van der Waals surface area contributed by atoms with Crippen LogP contribution in [0.1, 0.15) is 22.2 Å². The van der Waals surface area contributed by atoms with Gasteiger partial charge in [-0.15, -0.1) is 11.3 Å². The maximum atomic E-state index is 12.7. The van der Waals surface area contributed by atoms with E-state index in [1.54, 1.807) is 17.9 Å². The summed E-state index contributed by atoms with van der Waals surface area (Å²) in [5.41, 5.74) is 1.72. The van der Waals surface area contributed by atoms with Gasteiger partial charge in [0, 0.05) is 12.2 Å². The minimum absolute atomic E-state index is 0.120. The van der Waals surface area contributed by atoms with Gasteiger partial charge in [-0.3, -0.25) is 9.59 Å². The van der Waals surface area contributed by atoms with E-state index in [1.807, 2.05) is 30.3 Å². The lowest BCUT2D eigenvalue weighted by atomic mass is 10.1. The van der Waals surface area contributed by atoms with Crippen LogP contribution in [-0.4, -0.2) is 22.8 Å². The molecule has 2 amide bonds. The molecule has 108 valence electrons. The molecule has 1 aromatic heterocycles. The third-order valence-corrected chi connectivity index (χ3v) is 5.12. The van der Waals surface area contributed by atoms with Crippen LogP contribution in [0, 0.1) is 0 Å². The zero-order chi connectivity index (χ0) is 15.0. The Hall–Kier alpha value is -1.66. The quantitative estimate of drug-likeness (QED) is 0.841. The highest BCUT2D eigenvalue weighted by Gasteiger charge is 2.31. The van der Waals surface area contributed by atoms with E-state index in [1.165, 1.54) is 11.3 Å². The number of anilines is 1. The van der Waals surface area contributed by atoms with Crippen LogP contribution in [0.4, 0.5) is 5.69 Å². The molecule has 3 rings (SSSR count). The van der Waals surface area contributed by atoms with Crippen LogP contribution >= 0.6 is 27.3 Å². The molecule has 2 aromatic rings. The number of hydrogen-bond donors (Lipinski definition) is 1. The molecule has 0 saturated carbocycles. The number of hydrogen-bond acceptors (Lipinski definition) is 3. The maximum Gasteiger partial charge on any atom is 0.264 e. The van der Waals surface area contributed by atoms with Crippen LogP contribution in [-0.2, 0) is 11.3 Å². The lowest BCUT2D eigenvalue weighted by Crippen LogP contribution is -2.43. The first-order chi connectivity index (χ1) is 10.1. The maximum absolute atomic E-state index is 12.7. The fourth-order valence-electron chi connectivity index (χ4n) is 2.30. The number of benzene rings is 1. The van der Waals surface area contributed by atoms with Crippen molar-refractivity contribution < 1.29 is 9.59 Å². The second-order valence-electron chi connectivity index (χ2n) is 4.86. The SMILES string of the molecule is CC1C(=O)Nc2ccccc2CN1C(=O)c1ccc(Br)s1. The molecule has 1 aromatic carbocycles. The van der Waals surface area contributed by atoms with E-state index in [-0.39, 0.29) is 11.8 Å². The molecule has 1 N–H and O–H groups in total. The number of para-hydroxylation sites is 1. The van der Waals surface area contributed by atoms with Crippen LogP contribution in [0.3, 0.4) is 0 Å². The lowest BCUT2D eigenvalue weighted by Gasteiger charge is -2.25. The molecule has 1 unspecified atom stereocenters. The smallest absolute Gasteiger partial charge is 0.264 e. The van der Waals surface area contributed by atoms with Gasteiger partial charge in [-0.2, -0.15) is 0 Å². The van der Waals surface area contributed by atoms with Crippen LogP contribution in [0.2, 0.25) is 0 Å². The Bertz CT molecular complexity index is 713. The van der Waals surface area contributed by atoms with E-state index >= 15 is 0 Å². The van der Waals surface area contributed by atoms with Crippen molar-refractivity contribution in [3.05, 3.63) is 50.6 Å². The molecule has 0 spiro atoms. The Morgan fingerprint density at radius 1 is 1.33 bits per heavy atom. The van der Waals surface area contributed by atoms with Gasteiger partial charge in [-0.25, -0.2) is 0 Å². The fourth-order valence-corrected chi connectivity index (χ4v) is 3.64. The summed E-state index contributed by atoms with van der Waals surface area (Å²) in [6.07, 6.45) is 0. The van der Waals surface area contributed by atoms with E-state index < -0.39 is 6.04 Å². The molecule has 1 aliphatic rings. The predicted octanol–water partition coefficient (Wildman–Crippen LogP) is 3.49. The van der Waals surface area contributed by atoms with Crippen LogP contribution < -0.4 is 5.32 Å².